The van der Waals surface area contributed by atoms with E-state index in [1.54, 1.807) is 17.0 Å². The zero-order valence-corrected chi connectivity index (χ0v) is 18.3. The highest BCUT2D eigenvalue weighted by Crippen LogP contribution is 2.23. The van der Waals surface area contributed by atoms with Gasteiger partial charge in [0.1, 0.15) is 11.5 Å². The molecule has 0 radical (unpaired) electrons. The zero-order valence-electron chi connectivity index (χ0n) is 15.9. The highest BCUT2D eigenvalue weighted by atomic mass is 79.9. The molecule has 1 atom stereocenters. The number of amides is 1. The minimum Gasteiger partial charge on any atom is -0.484 e. The monoisotopic (exact) mass is 469 g/mol. The molecule has 0 N–H and O–H groups in total. The van der Waals surface area contributed by atoms with Crippen LogP contribution in [-0.2, 0) is 21.2 Å². The summed E-state index contributed by atoms with van der Waals surface area (Å²) in [5.74, 6) is 1.43. The van der Waals surface area contributed by atoms with E-state index in [1.165, 1.54) is 5.56 Å². The van der Waals surface area contributed by atoms with Gasteiger partial charge < -0.3 is 14.1 Å². The average Bonchev–Trinajstić information content (AvgIpc) is 3.22. The predicted molar refractivity (Wildman–Crippen MR) is 110 cm³/mol. The molecule has 1 aromatic carbocycles. The maximum absolute atomic E-state index is 12.9. The molecule has 8 heteroatoms. The molecule has 0 saturated carbocycles. The molecule has 3 rings (SSSR count). The summed E-state index contributed by atoms with van der Waals surface area (Å²) in [4.78, 5) is 14.4. The molecule has 1 aliphatic heterocycles. The molecule has 1 aliphatic rings. The predicted octanol–water partition coefficient (Wildman–Crippen LogP) is 3.76. The zero-order chi connectivity index (χ0) is 20.3. The smallest absolute Gasteiger partial charge is 0.261 e. The summed E-state index contributed by atoms with van der Waals surface area (Å²) < 4.78 is 35.5. The number of halogens is 1. The Balaban J connectivity index is 1.68. The van der Waals surface area contributed by atoms with Crippen LogP contribution in [0.25, 0.3) is 0 Å². The minimum atomic E-state index is -3.12. The summed E-state index contributed by atoms with van der Waals surface area (Å²) >= 11 is 3.25. The van der Waals surface area contributed by atoms with Crippen molar-refractivity contribution >= 4 is 31.7 Å². The molecule has 1 amide bonds. The summed E-state index contributed by atoms with van der Waals surface area (Å²) in [5.41, 5.74) is 1.19. The van der Waals surface area contributed by atoms with Gasteiger partial charge in [-0.3, -0.25) is 4.79 Å². The highest BCUT2D eigenvalue weighted by Gasteiger charge is 2.35. The summed E-state index contributed by atoms with van der Waals surface area (Å²) in [7, 11) is -3.12. The van der Waals surface area contributed by atoms with Crippen LogP contribution in [0, 0.1) is 0 Å². The van der Waals surface area contributed by atoms with E-state index in [9.17, 15) is 13.2 Å². The van der Waals surface area contributed by atoms with Crippen LogP contribution in [0.1, 0.15) is 37.5 Å². The summed E-state index contributed by atoms with van der Waals surface area (Å²) in [6.07, 6.45) is 0.430. The number of hydrogen-bond acceptors (Lipinski definition) is 5. The summed E-state index contributed by atoms with van der Waals surface area (Å²) in [5, 5.41) is 0. The molecule has 152 valence electrons. The molecule has 6 nitrogen and oxygen atoms in total. The summed E-state index contributed by atoms with van der Waals surface area (Å²) in [6.45, 7) is 4.28. The number of carbonyl (C=O) groups is 1. The van der Waals surface area contributed by atoms with E-state index in [4.69, 9.17) is 9.15 Å². The first-order chi connectivity index (χ1) is 13.2. The molecule has 0 spiro atoms. The first kappa shape index (κ1) is 20.9. The van der Waals surface area contributed by atoms with E-state index in [-0.39, 0.29) is 36.6 Å². The van der Waals surface area contributed by atoms with Crippen molar-refractivity contribution in [1.29, 1.82) is 0 Å². The topological polar surface area (TPSA) is 76.8 Å². The Morgan fingerprint density at radius 1 is 1.25 bits per heavy atom. The normalized spacial score (nSPS) is 18.4. The standard InChI is InChI=1S/C20H24BrNO5S/c1-14(2)15-3-5-17(6-4-15)26-12-20(23)22(11-18-7-8-19(21)27-18)16-9-10-28(24,25)13-16/h3-8,14,16H,9-13H2,1-2H3/t16-/m1/s1. The number of benzene rings is 1. The molecule has 1 fully saturated rings. The van der Waals surface area contributed by atoms with Crippen molar-refractivity contribution in [3.63, 3.8) is 0 Å². The third-order valence-electron chi connectivity index (χ3n) is 4.83. The quantitative estimate of drug-likeness (QED) is 0.616. The maximum atomic E-state index is 12.9. The molecule has 0 bridgehead atoms. The fourth-order valence-electron chi connectivity index (χ4n) is 3.22. The molecule has 28 heavy (non-hydrogen) atoms. The Labute approximate surface area is 173 Å². The van der Waals surface area contributed by atoms with Crippen LogP contribution in [0.4, 0.5) is 0 Å². The first-order valence-corrected chi connectivity index (χ1v) is 11.8. The molecule has 2 aromatic rings. The Hall–Kier alpha value is -1.80. The lowest BCUT2D eigenvalue weighted by Crippen LogP contribution is -2.43. The van der Waals surface area contributed by atoms with Crippen molar-refractivity contribution in [2.24, 2.45) is 0 Å². The Kier molecular flexibility index (Phi) is 6.50. The first-order valence-electron chi connectivity index (χ1n) is 9.20. The van der Waals surface area contributed by atoms with E-state index >= 15 is 0 Å². The van der Waals surface area contributed by atoms with Crippen molar-refractivity contribution in [2.45, 2.75) is 38.8 Å². The van der Waals surface area contributed by atoms with Crippen LogP contribution in [0.2, 0.25) is 0 Å². The van der Waals surface area contributed by atoms with Crippen molar-refractivity contribution < 1.29 is 22.4 Å². The third-order valence-corrected chi connectivity index (χ3v) is 7.01. The van der Waals surface area contributed by atoms with Gasteiger partial charge in [0.2, 0.25) is 0 Å². The van der Waals surface area contributed by atoms with Gasteiger partial charge in [0.05, 0.1) is 18.1 Å². The maximum Gasteiger partial charge on any atom is 0.261 e. The van der Waals surface area contributed by atoms with Gasteiger partial charge in [-0.25, -0.2) is 8.42 Å². The van der Waals surface area contributed by atoms with Gasteiger partial charge >= 0.3 is 0 Å². The summed E-state index contributed by atoms with van der Waals surface area (Å²) in [6, 6.07) is 10.8. The number of furan rings is 1. The van der Waals surface area contributed by atoms with E-state index in [0.717, 1.165) is 0 Å². The second-order valence-corrected chi connectivity index (χ2v) is 10.3. The molecular formula is C20H24BrNO5S. The number of carbonyl (C=O) groups excluding carboxylic acids is 1. The van der Waals surface area contributed by atoms with Gasteiger partial charge in [0, 0.05) is 6.04 Å². The number of sulfone groups is 1. The number of rotatable bonds is 7. The Morgan fingerprint density at radius 3 is 2.50 bits per heavy atom. The van der Waals surface area contributed by atoms with Gasteiger partial charge in [-0.05, 0) is 58.1 Å². The van der Waals surface area contributed by atoms with Crippen LogP contribution in [0.5, 0.6) is 5.75 Å². The third kappa shape index (κ3) is 5.38. The van der Waals surface area contributed by atoms with E-state index in [0.29, 0.717) is 28.5 Å². The Bertz CT molecular complexity index is 920. The van der Waals surface area contributed by atoms with Gasteiger partial charge in [-0.1, -0.05) is 26.0 Å². The molecule has 0 unspecified atom stereocenters. The van der Waals surface area contributed by atoms with E-state index in [1.807, 2.05) is 24.3 Å². The van der Waals surface area contributed by atoms with E-state index < -0.39 is 9.84 Å². The van der Waals surface area contributed by atoms with Gasteiger partial charge in [0.25, 0.3) is 5.91 Å². The lowest BCUT2D eigenvalue weighted by atomic mass is 10.0. The van der Waals surface area contributed by atoms with Gasteiger partial charge in [-0.2, -0.15) is 0 Å². The van der Waals surface area contributed by atoms with Crippen molar-refractivity contribution in [1.82, 2.24) is 4.90 Å². The number of ether oxygens (including phenoxy) is 1. The minimum absolute atomic E-state index is 0.0241. The molecule has 1 saturated heterocycles. The lowest BCUT2D eigenvalue weighted by molar-refractivity contribution is -0.136. The molecule has 0 aliphatic carbocycles. The van der Waals surface area contributed by atoms with Crippen molar-refractivity contribution in [2.75, 3.05) is 18.1 Å². The van der Waals surface area contributed by atoms with Crippen LogP contribution >= 0.6 is 15.9 Å². The van der Waals surface area contributed by atoms with Crippen LogP contribution in [-0.4, -0.2) is 43.4 Å². The second kappa shape index (κ2) is 8.69. The van der Waals surface area contributed by atoms with Crippen LogP contribution in [0.15, 0.2) is 45.5 Å². The highest BCUT2D eigenvalue weighted by molar-refractivity contribution is 9.10. The number of nitrogens with zero attached hydrogens (tertiary/aromatic N) is 1. The SMILES string of the molecule is CC(C)c1ccc(OCC(=O)N(Cc2ccc(Br)o2)[C@@H]2CCS(=O)(=O)C2)cc1. The number of hydrogen-bond donors (Lipinski definition) is 0. The second-order valence-electron chi connectivity index (χ2n) is 7.30. The lowest BCUT2D eigenvalue weighted by Gasteiger charge is -2.27. The van der Waals surface area contributed by atoms with Crippen LogP contribution < -0.4 is 4.74 Å². The van der Waals surface area contributed by atoms with E-state index in [2.05, 4.69) is 29.8 Å². The Morgan fingerprint density at radius 2 is 1.96 bits per heavy atom. The van der Waals surface area contributed by atoms with Gasteiger partial charge in [0.15, 0.2) is 21.1 Å². The molecule has 1 aromatic heterocycles. The largest absolute Gasteiger partial charge is 0.484 e. The van der Waals surface area contributed by atoms with Crippen molar-refractivity contribution in [3.8, 4) is 5.75 Å². The molecule has 2 heterocycles. The fraction of sp³-hybridized carbons (Fsp3) is 0.450. The van der Waals surface area contributed by atoms with Crippen molar-refractivity contribution in [3.05, 3.63) is 52.4 Å². The van der Waals surface area contributed by atoms with Gasteiger partial charge in [-0.15, -0.1) is 0 Å². The fourth-order valence-corrected chi connectivity index (χ4v) is 5.29. The molecular weight excluding hydrogens is 446 g/mol. The van der Waals surface area contributed by atoms with Crippen LogP contribution in [0.3, 0.4) is 0 Å². The average molecular weight is 470 g/mol.